The number of aromatic nitrogens is 10. The lowest BCUT2D eigenvalue weighted by atomic mass is 10.0. The number of aliphatic hydroxyl groups is 1. The lowest BCUT2D eigenvalue weighted by molar-refractivity contribution is -0.162. The van der Waals surface area contributed by atoms with Gasteiger partial charge >= 0.3 is 0 Å². The molecular weight excluding hydrogens is 1090 g/mol. The molecule has 9 heterocycles. The summed E-state index contributed by atoms with van der Waals surface area (Å²) in [5.41, 5.74) is 17.9. The molecule has 0 spiro atoms. The van der Waals surface area contributed by atoms with Gasteiger partial charge in [-0.2, -0.15) is 10.2 Å². The molecular formula is C63H71N13O4S2Si. The molecule has 12 aromatic rings. The van der Waals surface area contributed by atoms with Crippen molar-refractivity contribution in [3.05, 3.63) is 122 Å². The van der Waals surface area contributed by atoms with Crippen LogP contribution in [0.5, 0.6) is 0 Å². The molecule has 428 valence electrons. The number of aliphatic imine (C=N–C) groups is 1. The Morgan fingerprint density at radius 1 is 0.735 bits per heavy atom. The molecule has 5 N–H and O–H groups in total. The highest BCUT2D eigenvalue weighted by Crippen LogP contribution is 2.43. The minimum atomic E-state index is -0.819. The van der Waals surface area contributed by atoms with E-state index in [1.54, 1.807) is 35.2 Å². The summed E-state index contributed by atoms with van der Waals surface area (Å²) in [6, 6.07) is 31.4. The molecule has 0 bridgehead atoms. The van der Waals surface area contributed by atoms with Crippen molar-refractivity contribution in [2.45, 2.75) is 84.1 Å². The van der Waals surface area contributed by atoms with Gasteiger partial charge in [-0.1, -0.05) is 56.0 Å². The summed E-state index contributed by atoms with van der Waals surface area (Å²) in [5, 5.41) is 29.0. The Balaban J connectivity index is 0.000000155. The molecule has 0 saturated carbocycles. The van der Waals surface area contributed by atoms with Crippen LogP contribution in [0.1, 0.15) is 39.0 Å². The number of nitrogens with zero attached hydrogens (tertiary/aromatic N) is 10. The van der Waals surface area contributed by atoms with Crippen LogP contribution in [0.25, 0.3) is 107 Å². The van der Waals surface area contributed by atoms with E-state index in [0.717, 1.165) is 129 Å². The maximum atomic E-state index is 9.31. The quantitative estimate of drug-likeness (QED) is 0.0274. The van der Waals surface area contributed by atoms with Gasteiger partial charge in [0.1, 0.15) is 11.0 Å². The summed E-state index contributed by atoms with van der Waals surface area (Å²) in [6.07, 6.45) is 18.0. The molecule has 83 heavy (non-hydrogen) atoms. The molecule has 17 nitrogen and oxygen atoms in total. The number of benzene rings is 4. The molecule has 1 aliphatic rings. The van der Waals surface area contributed by atoms with E-state index in [2.05, 4.69) is 166 Å². The maximum Gasteiger partial charge on any atom is 0.251 e. The predicted molar refractivity (Wildman–Crippen MR) is 344 cm³/mol. The van der Waals surface area contributed by atoms with Gasteiger partial charge in [0.2, 0.25) is 5.95 Å². The van der Waals surface area contributed by atoms with E-state index >= 15 is 0 Å². The summed E-state index contributed by atoms with van der Waals surface area (Å²) in [6.45, 7) is 14.0. The predicted octanol–water partition coefficient (Wildman–Crippen LogP) is 14.2. The topological polar surface area (TPSA) is 208 Å². The van der Waals surface area contributed by atoms with Crippen LogP contribution in [-0.2, 0) is 27.3 Å². The first-order chi connectivity index (χ1) is 40.4. The van der Waals surface area contributed by atoms with Gasteiger partial charge in [0.05, 0.1) is 59.8 Å². The molecule has 1 aliphatic heterocycles. The van der Waals surface area contributed by atoms with E-state index < -0.39 is 8.07 Å². The molecule has 0 amide bonds. The number of H-pyrrole nitrogens is 2. The number of thiophene rings is 2. The van der Waals surface area contributed by atoms with Crippen LogP contribution in [-0.4, -0.2) is 127 Å². The zero-order valence-electron chi connectivity index (χ0n) is 47.9. The molecule has 1 saturated heterocycles. The Kier molecular flexibility index (Phi) is 17.8. The molecule has 13 rings (SSSR count). The van der Waals surface area contributed by atoms with E-state index in [1.165, 1.54) is 36.0 Å². The number of aryl methyl sites for hydroxylation is 2. The number of aromatic amines is 2. The first-order valence-electron chi connectivity index (χ1n) is 28.4. The number of hydrogen-bond acceptors (Lipinski definition) is 14. The standard InChI is InChI=1S/C32H33N7O2S.C24H20N6OS.C7H18OSi/c1-38(2)20-34-32-33-18-26-31(36-32)25(19-39(26)11-7-13-41-29-10-5-6-12-40-29)22-14-23-17-35-37-30(23)24(15-22)28-16-21-8-3-4-9-27(21)42-28;25-24-26-12-19-23(28-24)18(13-30(19)6-3-7-31)15-8-16-11-27-29-22(16)17(9-15)21-10-14-4-1-2-5-20(14)32-21;1-5-8-6-7-9(2,3)4/h3-4,8-9,14-20,29H,5-7,10-13H2,1-2H3,(H,35,37);1-2,4-5,8-13,31H,3,6-7H2,(H,27,29)(H2,25,26,28);5-7H2,1-4H3. The second-order valence-corrected chi connectivity index (χ2v) is 30.0. The van der Waals surface area contributed by atoms with Crippen molar-refractivity contribution in [3.8, 4) is 43.1 Å². The van der Waals surface area contributed by atoms with Crippen molar-refractivity contribution < 1.29 is 19.3 Å². The highest BCUT2D eigenvalue weighted by molar-refractivity contribution is 7.22. The SMILES string of the molecule is CCOCC[Si](C)(C)C.CN(C)C=Nc1ncc2c(n1)c(-c1cc(-c3cc4ccccc4s3)c3[nH]ncc3c1)cn2CCCOC1CCCCO1.Nc1ncc2c(n1)c(-c1cc(-c3cc4ccccc4s3)c3[nH]ncc3c1)cn2CCCO. The third kappa shape index (κ3) is 13.4. The van der Waals surface area contributed by atoms with E-state index in [4.69, 9.17) is 24.9 Å². The van der Waals surface area contributed by atoms with Crippen LogP contribution in [0.4, 0.5) is 11.9 Å². The van der Waals surface area contributed by atoms with Crippen LogP contribution in [0.3, 0.4) is 0 Å². The molecule has 4 aromatic carbocycles. The van der Waals surface area contributed by atoms with Crippen molar-refractivity contribution in [1.82, 2.24) is 54.4 Å². The number of fused-ring (bicyclic) bond motifs is 6. The summed E-state index contributed by atoms with van der Waals surface area (Å²) in [5.74, 6) is 0.676. The number of ether oxygens (including phenoxy) is 3. The number of hydrogen-bond donors (Lipinski definition) is 4. The average Bonchev–Trinajstić information content (AvgIpc) is 2.98. The third-order valence-electron chi connectivity index (χ3n) is 14.5. The lowest BCUT2D eigenvalue weighted by Gasteiger charge is -2.22. The molecule has 0 radical (unpaired) electrons. The Morgan fingerprint density at radius 2 is 1.33 bits per heavy atom. The van der Waals surface area contributed by atoms with Gasteiger partial charge in [-0.15, -0.1) is 22.7 Å². The van der Waals surface area contributed by atoms with Crippen molar-refractivity contribution in [2.24, 2.45) is 4.99 Å². The first kappa shape index (κ1) is 57.1. The Morgan fingerprint density at radius 3 is 1.88 bits per heavy atom. The Hall–Kier alpha value is -7.69. The zero-order chi connectivity index (χ0) is 57.5. The normalized spacial score (nSPS) is 13.9. The van der Waals surface area contributed by atoms with Crippen LogP contribution in [0.2, 0.25) is 25.7 Å². The van der Waals surface area contributed by atoms with Gasteiger partial charge in [0.15, 0.2) is 6.29 Å². The Labute approximate surface area is 491 Å². The summed E-state index contributed by atoms with van der Waals surface area (Å²) in [4.78, 5) is 26.9. The maximum absolute atomic E-state index is 9.31. The number of rotatable bonds is 18. The number of anilines is 1. The Bertz CT molecular complexity index is 4120. The summed E-state index contributed by atoms with van der Waals surface area (Å²) >= 11 is 3.56. The fourth-order valence-corrected chi connectivity index (χ4v) is 13.2. The van der Waals surface area contributed by atoms with Crippen LogP contribution < -0.4 is 5.73 Å². The number of nitrogens with one attached hydrogen (secondary N) is 2. The summed E-state index contributed by atoms with van der Waals surface area (Å²) < 4.78 is 23.8. The van der Waals surface area contributed by atoms with Gasteiger partial charge in [-0.3, -0.25) is 10.2 Å². The van der Waals surface area contributed by atoms with Gasteiger partial charge in [-0.05, 0) is 116 Å². The molecule has 0 aliphatic carbocycles. The van der Waals surface area contributed by atoms with Crippen molar-refractivity contribution in [2.75, 3.05) is 52.9 Å². The van der Waals surface area contributed by atoms with Gasteiger partial charge in [-0.25, -0.2) is 24.9 Å². The fourth-order valence-electron chi connectivity index (χ4n) is 10.3. The fraction of sp³-hybridized carbons (Fsp3) is 0.317. The van der Waals surface area contributed by atoms with E-state index in [9.17, 15) is 5.11 Å². The molecule has 8 aromatic heterocycles. The van der Waals surface area contributed by atoms with Gasteiger partial charge in [0, 0.05) is 126 Å². The lowest BCUT2D eigenvalue weighted by Crippen LogP contribution is -2.23. The van der Waals surface area contributed by atoms with Gasteiger partial charge in [0.25, 0.3) is 5.95 Å². The number of nitrogens with two attached hydrogens (primary N) is 1. The van der Waals surface area contributed by atoms with Crippen molar-refractivity contribution >= 4 is 113 Å². The highest BCUT2D eigenvalue weighted by Gasteiger charge is 2.21. The highest BCUT2D eigenvalue weighted by atomic mass is 32.1. The number of nitrogen functional groups attached to an aromatic ring is 1. The monoisotopic (exact) mass is 1170 g/mol. The zero-order valence-corrected chi connectivity index (χ0v) is 50.6. The van der Waals surface area contributed by atoms with Crippen LogP contribution in [0, 0.1) is 0 Å². The van der Waals surface area contributed by atoms with Crippen LogP contribution >= 0.6 is 22.7 Å². The smallest absolute Gasteiger partial charge is 0.251 e. The van der Waals surface area contributed by atoms with E-state index in [1.807, 2.05) is 44.5 Å². The molecule has 1 unspecified atom stereocenters. The van der Waals surface area contributed by atoms with Gasteiger partial charge < -0.3 is 39.1 Å². The van der Waals surface area contributed by atoms with E-state index in [-0.39, 0.29) is 18.8 Å². The summed E-state index contributed by atoms with van der Waals surface area (Å²) in [7, 11) is 3.04. The molecule has 20 heteroatoms. The van der Waals surface area contributed by atoms with Crippen molar-refractivity contribution in [1.29, 1.82) is 0 Å². The first-order valence-corrected chi connectivity index (χ1v) is 33.8. The third-order valence-corrected chi connectivity index (χ3v) is 18.5. The van der Waals surface area contributed by atoms with E-state index in [0.29, 0.717) is 25.5 Å². The second kappa shape index (κ2) is 25.8. The largest absolute Gasteiger partial charge is 0.396 e. The minimum Gasteiger partial charge on any atom is -0.396 e. The molecule has 1 atom stereocenters. The van der Waals surface area contributed by atoms with Crippen molar-refractivity contribution in [3.63, 3.8) is 0 Å². The van der Waals surface area contributed by atoms with Crippen LogP contribution in [0.15, 0.2) is 127 Å². The molecule has 1 fully saturated rings. The second-order valence-electron chi connectivity index (χ2n) is 22.2. The average molecular weight is 1170 g/mol. The number of aliphatic hydroxyl groups excluding tert-OH is 1. The minimum absolute atomic E-state index is 0.0785.